The van der Waals surface area contributed by atoms with E-state index in [0.29, 0.717) is 25.2 Å². The normalized spacial score (nSPS) is 12.1. The summed E-state index contributed by atoms with van der Waals surface area (Å²) in [4.78, 5) is 12.1. The highest BCUT2D eigenvalue weighted by Gasteiger charge is 2.13. The first kappa shape index (κ1) is 15.1. The van der Waals surface area contributed by atoms with Gasteiger partial charge in [0.25, 0.3) is 5.69 Å². The summed E-state index contributed by atoms with van der Waals surface area (Å²) >= 11 is 0. The molecule has 0 aliphatic heterocycles. The Morgan fingerprint density at radius 2 is 1.79 bits per heavy atom. The first-order chi connectivity index (χ1) is 9.08. The maximum atomic E-state index is 10.5. The number of nitro benzene ring substituents is 1. The number of hydrogen-bond donors (Lipinski definition) is 1. The SMILES string of the molecule is C=CCN(CC=C)CC(O)c1ccc([N+](=O)[O-])cc1. The lowest BCUT2D eigenvalue weighted by atomic mass is 10.1. The Bertz CT molecular complexity index is 433. The molecule has 0 saturated carbocycles. The molecule has 0 heterocycles. The van der Waals surface area contributed by atoms with E-state index >= 15 is 0 Å². The summed E-state index contributed by atoms with van der Waals surface area (Å²) < 4.78 is 0. The third-order valence-corrected chi connectivity index (χ3v) is 2.69. The van der Waals surface area contributed by atoms with Gasteiger partial charge in [0.1, 0.15) is 0 Å². The summed E-state index contributed by atoms with van der Waals surface area (Å²) in [7, 11) is 0. The number of benzene rings is 1. The van der Waals surface area contributed by atoms with Gasteiger partial charge < -0.3 is 5.11 Å². The average molecular weight is 262 g/mol. The highest BCUT2D eigenvalue weighted by molar-refractivity contribution is 5.33. The minimum Gasteiger partial charge on any atom is -0.387 e. The third kappa shape index (κ3) is 4.65. The van der Waals surface area contributed by atoms with Crippen molar-refractivity contribution < 1.29 is 10.0 Å². The van der Waals surface area contributed by atoms with Gasteiger partial charge >= 0.3 is 0 Å². The second kappa shape index (κ2) is 7.45. The van der Waals surface area contributed by atoms with E-state index < -0.39 is 11.0 Å². The first-order valence-corrected chi connectivity index (χ1v) is 5.95. The van der Waals surface area contributed by atoms with E-state index in [1.54, 1.807) is 24.3 Å². The van der Waals surface area contributed by atoms with E-state index in [4.69, 9.17) is 0 Å². The van der Waals surface area contributed by atoms with Crippen molar-refractivity contribution in [2.75, 3.05) is 19.6 Å². The summed E-state index contributed by atoms with van der Waals surface area (Å²) in [6.07, 6.45) is 2.82. The standard InChI is InChI=1S/C14H18N2O3/c1-3-9-15(10-4-2)11-14(17)12-5-7-13(8-6-12)16(18)19/h3-8,14,17H,1-2,9-11H2. The molecule has 0 aliphatic rings. The Kier molecular flexibility index (Phi) is 5.92. The van der Waals surface area contributed by atoms with Crippen LogP contribution < -0.4 is 0 Å². The van der Waals surface area contributed by atoms with Crippen LogP contribution in [0.5, 0.6) is 0 Å². The molecule has 0 radical (unpaired) electrons. The van der Waals surface area contributed by atoms with E-state index in [9.17, 15) is 15.2 Å². The maximum absolute atomic E-state index is 10.5. The largest absolute Gasteiger partial charge is 0.387 e. The molecule has 0 fully saturated rings. The van der Waals surface area contributed by atoms with Crippen molar-refractivity contribution in [1.29, 1.82) is 0 Å². The van der Waals surface area contributed by atoms with Crippen molar-refractivity contribution in [2.24, 2.45) is 0 Å². The van der Waals surface area contributed by atoms with Gasteiger partial charge in [-0.05, 0) is 17.7 Å². The van der Waals surface area contributed by atoms with E-state index in [-0.39, 0.29) is 5.69 Å². The number of nitro groups is 1. The van der Waals surface area contributed by atoms with Gasteiger partial charge in [-0.15, -0.1) is 13.2 Å². The Labute approximate surface area is 112 Å². The first-order valence-electron chi connectivity index (χ1n) is 5.95. The van der Waals surface area contributed by atoms with Gasteiger partial charge in [0.15, 0.2) is 0 Å². The molecule has 1 aromatic rings. The zero-order chi connectivity index (χ0) is 14.3. The number of nitrogens with zero attached hydrogens (tertiary/aromatic N) is 2. The molecule has 0 bridgehead atoms. The number of hydrogen-bond acceptors (Lipinski definition) is 4. The predicted octanol–water partition coefficient (Wildman–Crippen LogP) is 2.30. The zero-order valence-corrected chi connectivity index (χ0v) is 10.7. The van der Waals surface area contributed by atoms with Crippen LogP contribution in [0.2, 0.25) is 0 Å². The molecule has 0 aromatic heterocycles. The lowest BCUT2D eigenvalue weighted by molar-refractivity contribution is -0.384. The van der Waals surface area contributed by atoms with E-state index in [1.807, 2.05) is 4.90 Å². The van der Waals surface area contributed by atoms with E-state index in [1.165, 1.54) is 12.1 Å². The molecule has 102 valence electrons. The highest BCUT2D eigenvalue weighted by atomic mass is 16.6. The van der Waals surface area contributed by atoms with Crippen LogP contribution in [-0.4, -0.2) is 34.6 Å². The van der Waals surface area contributed by atoms with Crippen molar-refractivity contribution in [3.05, 3.63) is 65.3 Å². The Hall–Kier alpha value is -1.98. The molecular formula is C14H18N2O3. The van der Waals surface area contributed by atoms with Gasteiger partial charge in [0.05, 0.1) is 11.0 Å². The van der Waals surface area contributed by atoms with Crippen LogP contribution in [0.3, 0.4) is 0 Å². The molecule has 0 amide bonds. The van der Waals surface area contributed by atoms with Crippen LogP contribution in [0.4, 0.5) is 5.69 Å². The van der Waals surface area contributed by atoms with Crippen molar-refractivity contribution in [3.8, 4) is 0 Å². The van der Waals surface area contributed by atoms with Gasteiger partial charge in [0, 0.05) is 31.8 Å². The summed E-state index contributed by atoms with van der Waals surface area (Å²) in [5.74, 6) is 0. The number of rotatable bonds is 8. The van der Waals surface area contributed by atoms with Crippen molar-refractivity contribution in [2.45, 2.75) is 6.10 Å². The molecule has 5 nitrogen and oxygen atoms in total. The molecule has 0 aliphatic carbocycles. The molecule has 0 spiro atoms. The van der Waals surface area contributed by atoms with Gasteiger partial charge in [-0.1, -0.05) is 12.2 Å². The number of aliphatic hydroxyl groups is 1. The second-order valence-electron chi connectivity index (χ2n) is 4.16. The summed E-state index contributed by atoms with van der Waals surface area (Å²) in [6.45, 7) is 9.05. The fraction of sp³-hybridized carbons (Fsp3) is 0.286. The molecule has 1 N–H and O–H groups in total. The van der Waals surface area contributed by atoms with Crippen LogP contribution in [0, 0.1) is 10.1 Å². The maximum Gasteiger partial charge on any atom is 0.269 e. The molecule has 0 saturated heterocycles. The number of non-ortho nitro benzene ring substituents is 1. The summed E-state index contributed by atoms with van der Waals surface area (Å²) in [6, 6.07) is 5.93. The average Bonchev–Trinajstić information content (AvgIpc) is 2.39. The fourth-order valence-corrected chi connectivity index (χ4v) is 1.76. The molecular weight excluding hydrogens is 244 g/mol. The van der Waals surface area contributed by atoms with Crippen LogP contribution in [0.1, 0.15) is 11.7 Å². The predicted molar refractivity (Wildman–Crippen MR) is 74.9 cm³/mol. The fourth-order valence-electron chi connectivity index (χ4n) is 1.76. The number of aliphatic hydroxyl groups excluding tert-OH is 1. The van der Waals surface area contributed by atoms with Gasteiger partial charge in [-0.3, -0.25) is 15.0 Å². The van der Waals surface area contributed by atoms with E-state index in [0.717, 1.165) is 0 Å². The highest BCUT2D eigenvalue weighted by Crippen LogP contribution is 2.18. The van der Waals surface area contributed by atoms with Crippen LogP contribution in [-0.2, 0) is 0 Å². The lowest BCUT2D eigenvalue weighted by Crippen LogP contribution is -2.29. The van der Waals surface area contributed by atoms with Crippen molar-refractivity contribution >= 4 is 5.69 Å². The van der Waals surface area contributed by atoms with Gasteiger partial charge in [-0.2, -0.15) is 0 Å². The Morgan fingerprint density at radius 3 is 2.21 bits per heavy atom. The summed E-state index contributed by atoms with van der Waals surface area (Å²) in [5.41, 5.74) is 0.675. The minimum atomic E-state index is -0.694. The molecule has 1 rings (SSSR count). The second-order valence-corrected chi connectivity index (χ2v) is 4.16. The van der Waals surface area contributed by atoms with Crippen LogP contribution in [0.25, 0.3) is 0 Å². The Morgan fingerprint density at radius 1 is 1.26 bits per heavy atom. The molecule has 5 heteroatoms. The van der Waals surface area contributed by atoms with Crippen LogP contribution >= 0.6 is 0 Å². The van der Waals surface area contributed by atoms with Crippen molar-refractivity contribution in [1.82, 2.24) is 4.90 Å². The topological polar surface area (TPSA) is 66.6 Å². The van der Waals surface area contributed by atoms with E-state index in [2.05, 4.69) is 13.2 Å². The van der Waals surface area contributed by atoms with Gasteiger partial charge in [0.2, 0.25) is 0 Å². The third-order valence-electron chi connectivity index (χ3n) is 2.69. The molecule has 1 unspecified atom stereocenters. The van der Waals surface area contributed by atoms with Crippen LogP contribution in [0.15, 0.2) is 49.6 Å². The lowest BCUT2D eigenvalue weighted by Gasteiger charge is -2.22. The zero-order valence-electron chi connectivity index (χ0n) is 10.7. The monoisotopic (exact) mass is 262 g/mol. The quantitative estimate of drug-likeness (QED) is 0.443. The minimum absolute atomic E-state index is 0.0185. The summed E-state index contributed by atoms with van der Waals surface area (Å²) in [5, 5.41) is 20.6. The Balaban J connectivity index is 2.70. The molecule has 19 heavy (non-hydrogen) atoms. The smallest absolute Gasteiger partial charge is 0.269 e. The van der Waals surface area contributed by atoms with Gasteiger partial charge in [-0.25, -0.2) is 0 Å². The molecule has 1 atom stereocenters. The van der Waals surface area contributed by atoms with Crippen molar-refractivity contribution in [3.63, 3.8) is 0 Å². The molecule has 1 aromatic carbocycles.